The van der Waals surface area contributed by atoms with Crippen LogP contribution in [0, 0.1) is 0 Å². The summed E-state index contributed by atoms with van der Waals surface area (Å²) in [7, 11) is 1.62. The maximum Gasteiger partial charge on any atom is 0.249 e. The largest absolute Gasteiger partial charge is 0.497 e. The summed E-state index contributed by atoms with van der Waals surface area (Å²) in [6.45, 7) is 5.16. The molecule has 0 aliphatic heterocycles. The van der Waals surface area contributed by atoms with Crippen molar-refractivity contribution in [3.63, 3.8) is 0 Å². The van der Waals surface area contributed by atoms with Gasteiger partial charge in [-0.2, -0.15) is 0 Å². The number of ether oxygens (including phenoxy) is 2. The average Bonchev–Trinajstić information content (AvgIpc) is 3.05. The van der Waals surface area contributed by atoms with Crippen LogP contribution in [0.4, 0.5) is 0 Å². The molecule has 1 aromatic carbocycles. The van der Waals surface area contributed by atoms with Crippen molar-refractivity contribution in [1.29, 1.82) is 0 Å². The molecule has 2 rings (SSSR count). The van der Waals surface area contributed by atoms with Gasteiger partial charge in [0, 0.05) is 6.54 Å². The first-order chi connectivity index (χ1) is 11.1. The molecule has 0 spiro atoms. The predicted molar refractivity (Wildman–Crippen MR) is 84.8 cm³/mol. The summed E-state index contributed by atoms with van der Waals surface area (Å²) in [5.41, 5.74) is 0.953. The first-order valence-corrected chi connectivity index (χ1v) is 7.53. The normalized spacial score (nSPS) is 12.0. The maximum absolute atomic E-state index is 12.1. The smallest absolute Gasteiger partial charge is 0.249 e. The van der Waals surface area contributed by atoms with Gasteiger partial charge in [-0.15, -0.1) is 10.2 Å². The summed E-state index contributed by atoms with van der Waals surface area (Å²) in [5.74, 6) is 1.31. The van der Waals surface area contributed by atoms with E-state index in [9.17, 15) is 4.79 Å². The molecule has 0 bridgehead atoms. The lowest BCUT2D eigenvalue weighted by atomic mass is 10.2. The van der Waals surface area contributed by atoms with Gasteiger partial charge < -0.3 is 19.4 Å². The average molecular weight is 318 g/mol. The molecular formula is C16H22N4O3. The summed E-state index contributed by atoms with van der Waals surface area (Å²) in [5, 5.41) is 10.6. The highest BCUT2D eigenvalue weighted by Crippen LogP contribution is 2.13. The minimum atomic E-state index is -0.556. The van der Waals surface area contributed by atoms with Crippen LogP contribution in [0.3, 0.4) is 0 Å². The van der Waals surface area contributed by atoms with Gasteiger partial charge >= 0.3 is 0 Å². The lowest BCUT2D eigenvalue weighted by Gasteiger charge is -2.14. The second-order valence-electron chi connectivity index (χ2n) is 5.06. The molecule has 0 aliphatic rings. The van der Waals surface area contributed by atoms with Crippen molar-refractivity contribution >= 4 is 5.91 Å². The molecule has 23 heavy (non-hydrogen) atoms. The van der Waals surface area contributed by atoms with Gasteiger partial charge in [0.25, 0.3) is 0 Å². The van der Waals surface area contributed by atoms with Gasteiger partial charge in [-0.1, -0.05) is 12.1 Å². The number of benzene rings is 1. The highest BCUT2D eigenvalue weighted by Gasteiger charge is 2.14. The predicted octanol–water partition coefficient (Wildman–Crippen LogP) is 1.53. The number of nitrogens with one attached hydrogen (secondary N) is 1. The molecule has 0 unspecified atom stereocenters. The Balaban J connectivity index is 1.80. The third kappa shape index (κ3) is 4.79. The van der Waals surface area contributed by atoms with Crippen molar-refractivity contribution in [1.82, 2.24) is 20.1 Å². The molecule has 7 heteroatoms. The van der Waals surface area contributed by atoms with Crippen LogP contribution >= 0.6 is 0 Å². The molecule has 1 aromatic heterocycles. The monoisotopic (exact) mass is 318 g/mol. The second kappa shape index (κ2) is 8.28. The van der Waals surface area contributed by atoms with Gasteiger partial charge in [0.2, 0.25) is 5.91 Å². The number of rotatable bonds is 8. The first-order valence-electron chi connectivity index (χ1n) is 7.53. The molecule has 1 amide bonds. The summed E-state index contributed by atoms with van der Waals surface area (Å²) in [6, 6.07) is 7.56. The highest BCUT2D eigenvalue weighted by atomic mass is 16.5. The van der Waals surface area contributed by atoms with Crippen molar-refractivity contribution in [3.05, 3.63) is 42.0 Å². The van der Waals surface area contributed by atoms with Crippen LogP contribution in [-0.2, 0) is 29.2 Å². The summed E-state index contributed by atoms with van der Waals surface area (Å²) in [6.07, 6.45) is 1.09. The fraction of sp³-hybridized carbons (Fsp3) is 0.438. The maximum atomic E-state index is 12.1. The Morgan fingerprint density at radius 2 is 2.26 bits per heavy atom. The minimum absolute atomic E-state index is 0.182. The van der Waals surface area contributed by atoms with Gasteiger partial charge in [0.05, 0.1) is 20.3 Å². The number of carbonyl (C=O) groups excluding carboxylic acids is 1. The molecular weight excluding hydrogens is 296 g/mol. The van der Waals surface area contributed by atoms with Crippen LogP contribution in [0.25, 0.3) is 0 Å². The molecule has 1 heterocycles. The van der Waals surface area contributed by atoms with Gasteiger partial charge in [0.1, 0.15) is 18.2 Å². The van der Waals surface area contributed by atoms with Crippen molar-refractivity contribution in [2.24, 2.45) is 0 Å². The molecule has 1 N–H and O–H groups in total. The zero-order valence-electron chi connectivity index (χ0n) is 13.7. The van der Waals surface area contributed by atoms with E-state index in [2.05, 4.69) is 15.5 Å². The highest BCUT2D eigenvalue weighted by molar-refractivity contribution is 5.80. The van der Waals surface area contributed by atoms with Gasteiger partial charge in [-0.3, -0.25) is 4.79 Å². The van der Waals surface area contributed by atoms with E-state index < -0.39 is 6.10 Å². The van der Waals surface area contributed by atoms with E-state index in [0.29, 0.717) is 13.2 Å². The summed E-state index contributed by atoms with van der Waals surface area (Å²) >= 11 is 0. The SMILES string of the molecule is CCn1cnnc1CNC(=O)[C@@H](C)OCc1cccc(OC)c1. The third-order valence-electron chi connectivity index (χ3n) is 3.46. The number of carbonyl (C=O) groups is 1. The Labute approximate surface area is 135 Å². The fourth-order valence-electron chi connectivity index (χ4n) is 2.05. The lowest BCUT2D eigenvalue weighted by Crippen LogP contribution is -2.34. The number of aromatic nitrogens is 3. The molecule has 0 saturated heterocycles. The van der Waals surface area contributed by atoms with Crippen LogP contribution in [0.15, 0.2) is 30.6 Å². The van der Waals surface area contributed by atoms with E-state index in [1.54, 1.807) is 20.4 Å². The van der Waals surface area contributed by atoms with E-state index >= 15 is 0 Å². The number of aryl methyl sites for hydroxylation is 1. The molecule has 7 nitrogen and oxygen atoms in total. The molecule has 0 radical (unpaired) electrons. The number of methoxy groups -OCH3 is 1. The zero-order valence-corrected chi connectivity index (χ0v) is 13.7. The van der Waals surface area contributed by atoms with Crippen molar-refractivity contribution in [2.75, 3.05) is 7.11 Å². The molecule has 1 atom stereocenters. The summed E-state index contributed by atoms with van der Waals surface area (Å²) < 4.78 is 12.6. The van der Waals surface area contributed by atoms with Gasteiger partial charge in [-0.25, -0.2) is 0 Å². The Morgan fingerprint density at radius 1 is 1.43 bits per heavy atom. The standard InChI is InChI=1S/C16H22N4O3/c1-4-20-11-18-19-15(20)9-17-16(21)12(2)23-10-13-6-5-7-14(8-13)22-3/h5-8,11-12H,4,9-10H2,1-3H3,(H,17,21)/t12-/m1/s1. The second-order valence-corrected chi connectivity index (χ2v) is 5.06. The van der Waals surface area contributed by atoms with E-state index in [4.69, 9.17) is 9.47 Å². The Morgan fingerprint density at radius 3 is 3.00 bits per heavy atom. The Hall–Kier alpha value is -2.41. The number of hydrogen-bond acceptors (Lipinski definition) is 5. The molecule has 124 valence electrons. The Bertz CT molecular complexity index is 642. The topological polar surface area (TPSA) is 78.3 Å². The van der Waals surface area contributed by atoms with E-state index in [0.717, 1.165) is 23.7 Å². The quantitative estimate of drug-likeness (QED) is 0.798. The lowest BCUT2D eigenvalue weighted by molar-refractivity contribution is -0.132. The fourth-order valence-corrected chi connectivity index (χ4v) is 2.05. The zero-order chi connectivity index (χ0) is 16.7. The Kier molecular flexibility index (Phi) is 6.10. The third-order valence-corrected chi connectivity index (χ3v) is 3.46. The molecule has 2 aromatic rings. The van der Waals surface area contributed by atoms with Gasteiger partial charge in [0.15, 0.2) is 5.82 Å². The molecule has 0 fully saturated rings. The molecule has 0 saturated carbocycles. The van der Waals surface area contributed by atoms with E-state index in [-0.39, 0.29) is 5.91 Å². The summed E-state index contributed by atoms with van der Waals surface area (Å²) in [4.78, 5) is 12.1. The molecule has 0 aliphatic carbocycles. The number of nitrogens with zero attached hydrogens (tertiary/aromatic N) is 3. The number of hydrogen-bond donors (Lipinski definition) is 1. The van der Waals surface area contributed by atoms with Crippen molar-refractivity contribution < 1.29 is 14.3 Å². The number of amides is 1. The minimum Gasteiger partial charge on any atom is -0.497 e. The van der Waals surface area contributed by atoms with Crippen LogP contribution < -0.4 is 10.1 Å². The van der Waals surface area contributed by atoms with Crippen LogP contribution in [-0.4, -0.2) is 33.9 Å². The van der Waals surface area contributed by atoms with Crippen LogP contribution in [0.5, 0.6) is 5.75 Å². The van der Waals surface area contributed by atoms with Crippen LogP contribution in [0.1, 0.15) is 25.2 Å². The van der Waals surface area contributed by atoms with E-state index in [1.165, 1.54) is 0 Å². The first kappa shape index (κ1) is 17.0. The van der Waals surface area contributed by atoms with Crippen molar-refractivity contribution in [2.45, 2.75) is 39.6 Å². The van der Waals surface area contributed by atoms with Crippen molar-refractivity contribution in [3.8, 4) is 5.75 Å². The van der Waals surface area contributed by atoms with Crippen LogP contribution in [0.2, 0.25) is 0 Å². The van der Waals surface area contributed by atoms with E-state index in [1.807, 2.05) is 35.8 Å². The van der Waals surface area contributed by atoms with Gasteiger partial charge in [-0.05, 0) is 31.5 Å².